The van der Waals surface area contributed by atoms with Crippen molar-refractivity contribution in [2.45, 2.75) is 18.6 Å². The maximum atomic E-state index is 12.4. The largest absolute Gasteiger partial charge is 0.416 e. The van der Waals surface area contributed by atoms with Gasteiger partial charge in [-0.05, 0) is 24.6 Å². The smallest absolute Gasteiger partial charge is 0.277 e. The first-order chi connectivity index (χ1) is 14.2. The molecule has 4 aromatic rings. The van der Waals surface area contributed by atoms with Crippen molar-refractivity contribution in [3.8, 4) is 5.69 Å². The molecule has 2 aromatic heterocycles. The van der Waals surface area contributed by atoms with E-state index in [0.717, 1.165) is 16.9 Å². The van der Waals surface area contributed by atoms with Crippen molar-refractivity contribution in [2.75, 3.05) is 11.1 Å². The second-order valence-electron chi connectivity index (χ2n) is 6.38. The van der Waals surface area contributed by atoms with Crippen LogP contribution in [0, 0.1) is 6.92 Å². The molecular formula is C21H19N5O2S. The summed E-state index contributed by atoms with van der Waals surface area (Å²) in [6.45, 7) is 1.89. The molecule has 0 saturated carbocycles. The van der Waals surface area contributed by atoms with Gasteiger partial charge in [0.15, 0.2) is 0 Å². The minimum atomic E-state index is -0.171. The number of carbonyl (C=O) groups excluding carboxylic acids is 1. The number of aryl methyl sites for hydroxylation is 1. The molecule has 29 heavy (non-hydrogen) atoms. The van der Waals surface area contributed by atoms with Gasteiger partial charge in [-0.1, -0.05) is 60.3 Å². The van der Waals surface area contributed by atoms with Crippen LogP contribution >= 0.6 is 11.8 Å². The number of nitrogens with zero attached hydrogens (tertiary/aromatic N) is 4. The number of hydrogen-bond donors (Lipinski definition) is 1. The van der Waals surface area contributed by atoms with Crippen LogP contribution in [-0.4, -0.2) is 31.6 Å². The standard InChI is InChI=1S/C21H19N5O2S/c1-15-12-18(26(25-15)17-10-6-3-7-11-17)22-19(27)14-29-21-24-23-20(28-21)13-16-8-4-2-5-9-16/h2-12H,13-14H2,1H3,(H,22,27). The predicted molar refractivity (Wildman–Crippen MR) is 111 cm³/mol. The minimum absolute atomic E-state index is 0.159. The van der Waals surface area contributed by atoms with Gasteiger partial charge in [0.25, 0.3) is 5.22 Å². The number of amides is 1. The monoisotopic (exact) mass is 405 g/mol. The topological polar surface area (TPSA) is 85.8 Å². The lowest BCUT2D eigenvalue weighted by Crippen LogP contribution is -2.16. The van der Waals surface area contributed by atoms with E-state index in [2.05, 4.69) is 20.6 Å². The summed E-state index contributed by atoms with van der Waals surface area (Å²) in [5.74, 6) is 1.13. The summed E-state index contributed by atoms with van der Waals surface area (Å²) in [6, 6.07) is 21.4. The molecule has 4 rings (SSSR count). The van der Waals surface area contributed by atoms with Crippen LogP contribution < -0.4 is 5.32 Å². The van der Waals surface area contributed by atoms with Gasteiger partial charge in [-0.2, -0.15) is 5.10 Å². The van der Waals surface area contributed by atoms with E-state index in [1.807, 2.05) is 73.7 Å². The van der Waals surface area contributed by atoms with Crippen LogP contribution in [-0.2, 0) is 11.2 Å². The first-order valence-electron chi connectivity index (χ1n) is 9.08. The predicted octanol–water partition coefficient (Wildman–Crippen LogP) is 3.89. The fraction of sp³-hybridized carbons (Fsp3) is 0.143. The molecule has 0 atom stereocenters. The zero-order valence-corrected chi connectivity index (χ0v) is 16.6. The molecule has 146 valence electrons. The zero-order chi connectivity index (χ0) is 20.1. The van der Waals surface area contributed by atoms with Gasteiger partial charge in [-0.15, -0.1) is 10.2 Å². The van der Waals surface area contributed by atoms with Crippen LogP contribution in [0.15, 0.2) is 76.4 Å². The van der Waals surface area contributed by atoms with Gasteiger partial charge in [0.05, 0.1) is 23.6 Å². The number of anilines is 1. The van der Waals surface area contributed by atoms with Crippen LogP contribution in [0.4, 0.5) is 5.82 Å². The third-order valence-corrected chi connectivity index (χ3v) is 4.89. The van der Waals surface area contributed by atoms with Crippen molar-refractivity contribution >= 4 is 23.5 Å². The van der Waals surface area contributed by atoms with Crippen molar-refractivity contribution < 1.29 is 9.21 Å². The molecule has 7 nitrogen and oxygen atoms in total. The number of thioether (sulfide) groups is 1. The summed E-state index contributed by atoms with van der Waals surface area (Å²) in [7, 11) is 0. The number of aromatic nitrogens is 4. The lowest BCUT2D eigenvalue weighted by molar-refractivity contribution is -0.113. The molecule has 0 unspecified atom stereocenters. The van der Waals surface area contributed by atoms with Gasteiger partial charge in [0, 0.05) is 6.07 Å². The van der Waals surface area contributed by atoms with Crippen LogP contribution in [0.3, 0.4) is 0 Å². The molecule has 0 spiro atoms. The molecular weight excluding hydrogens is 386 g/mol. The maximum absolute atomic E-state index is 12.4. The summed E-state index contributed by atoms with van der Waals surface area (Å²) >= 11 is 1.21. The SMILES string of the molecule is Cc1cc(NC(=O)CSc2nnc(Cc3ccccc3)o2)n(-c2ccccc2)n1. The summed E-state index contributed by atoms with van der Waals surface area (Å²) in [4.78, 5) is 12.4. The van der Waals surface area contributed by atoms with E-state index >= 15 is 0 Å². The van der Waals surface area contributed by atoms with Gasteiger partial charge < -0.3 is 9.73 Å². The lowest BCUT2D eigenvalue weighted by atomic mass is 10.2. The molecule has 0 saturated heterocycles. The molecule has 0 bridgehead atoms. The summed E-state index contributed by atoms with van der Waals surface area (Å²) < 4.78 is 7.34. The Morgan fingerprint density at radius 3 is 2.55 bits per heavy atom. The van der Waals surface area contributed by atoms with E-state index in [9.17, 15) is 4.79 Å². The molecule has 0 aliphatic rings. The van der Waals surface area contributed by atoms with E-state index in [1.54, 1.807) is 4.68 Å². The van der Waals surface area contributed by atoms with Gasteiger partial charge in [-0.3, -0.25) is 4.79 Å². The normalized spacial score (nSPS) is 10.8. The highest BCUT2D eigenvalue weighted by Crippen LogP contribution is 2.20. The van der Waals surface area contributed by atoms with E-state index in [0.29, 0.717) is 23.4 Å². The Labute approximate surface area is 172 Å². The molecule has 2 heterocycles. The average molecular weight is 405 g/mol. The van der Waals surface area contributed by atoms with E-state index in [-0.39, 0.29) is 11.7 Å². The molecule has 1 N–H and O–H groups in total. The van der Waals surface area contributed by atoms with Crippen molar-refractivity contribution in [3.05, 3.63) is 83.9 Å². The molecule has 0 aliphatic heterocycles. The Morgan fingerprint density at radius 2 is 1.79 bits per heavy atom. The first-order valence-corrected chi connectivity index (χ1v) is 10.1. The van der Waals surface area contributed by atoms with Crippen LogP contribution in [0.2, 0.25) is 0 Å². The van der Waals surface area contributed by atoms with Crippen LogP contribution in [0.5, 0.6) is 0 Å². The van der Waals surface area contributed by atoms with Crippen molar-refractivity contribution in [3.63, 3.8) is 0 Å². The van der Waals surface area contributed by atoms with E-state index in [1.165, 1.54) is 11.8 Å². The molecule has 0 radical (unpaired) electrons. The fourth-order valence-electron chi connectivity index (χ4n) is 2.80. The van der Waals surface area contributed by atoms with E-state index < -0.39 is 0 Å². The Morgan fingerprint density at radius 1 is 1.07 bits per heavy atom. The summed E-state index contributed by atoms with van der Waals surface area (Å²) in [5.41, 5.74) is 2.79. The third kappa shape index (κ3) is 4.91. The number of hydrogen-bond acceptors (Lipinski definition) is 6. The molecule has 8 heteroatoms. The fourth-order valence-corrected chi connectivity index (χ4v) is 3.38. The second-order valence-corrected chi connectivity index (χ2v) is 7.31. The lowest BCUT2D eigenvalue weighted by Gasteiger charge is -2.08. The number of rotatable bonds is 7. The quantitative estimate of drug-likeness (QED) is 0.470. The zero-order valence-electron chi connectivity index (χ0n) is 15.8. The number of para-hydroxylation sites is 1. The second kappa shape index (κ2) is 8.74. The first kappa shape index (κ1) is 18.9. The van der Waals surface area contributed by atoms with Gasteiger partial charge in [0.2, 0.25) is 11.8 Å². The van der Waals surface area contributed by atoms with Gasteiger partial charge >= 0.3 is 0 Å². The minimum Gasteiger partial charge on any atom is -0.416 e. The van der Waals surface area contributed by atoms with Crippen LogP contribution in [0.1, 0.15) is 17.1 Å². The number of nitrogens with one attached hydrogen (secondary N) is 1. The Hall–Kier alpha value is -3.39. The summed E-state index contributed by atoms with van der Waals surface area (Å²) in [5, 5.41) is 15.8. The third-order valence-electron chi connectivity index (χ3n) is 4.07. The summed E-state index contributed by atoms with van der Waals surface area (Å²) in [6.07, 6.45) is 0.566. The maximum Gasteiger partial charge on any atom is 0.277 e. The Balaban J connectivity index is 1.36. The van der Waals surface area contributed by atoms with Gasteiger partial charge in [0.1, 0.15) is 5.82 Å². The number of benzene rings is 2. The van der Waals surface area contributed by atoms with E-state index in [4.69, 9.17) is 4.42 Å². The highest BCUT2D eigenvalue weighted by Gasteiger charge is 2.13. The van der Waals surface area contributed by atoms with Crippen LogP contribution in [0.25, 0.3) is 5.69 Å². The Bertz CT molecular complexity index is 1090. The van der Waals surface area contributed by atoms with Crippen molar-refractivity contribution in [2.24, 2.45) is 0 Å². The van der Waals surface area contributed by atoms with Crippen molar-refractivity contribution in [1.29, 1.82) is 0 Å². The molecule has 0 fully saturated rings. The highest BCUT2D eigenvalue weighted by molar-refractivity contribution is 7.99. The Kier molecular flexibility index (Phi) is 5.71. The molecule has 2 aromatic carbocycles. The molecule has 1 amide bonds. The average Bonchev–Trinajstić information content (AvgIpc) is 3.34. The molecule has 0 aliphatic carbocycles. The highest BCUT2D eigenvalue weighted by atomic mass is 32.2. The van der Waals surface area contributed by atoms with Crippen molar-refractivity contribution in [1.82, 2.24) is 20.0 Å². The number of carbonyl (C=O) groups is 1. The van der Waals surface area contributed by atoms with Gasteiger partial charge in [-0.25, -0.2) is 4.68 Å².